The molecule has 1 heterocycles. The highest BCUT2D eigenvalue weighted by Crippen LogP contribution is 2.21. The largest absolute Gasteiger partial charge is 0.469 e. The van der Waals surface area contributed by atoms with Crippen molar-refractivity contribution in [2.24, 2.45) is 0 Å². The average molecular weight is 362 g/mol. The number of hydrogen-bond acceptors (Lipinski definition) is 6. The lowest BCUT2D eigenvalue weighted by Gasteiger charge is -2.15. The Kier molecular flexibility index (Phi) is 7.13. The van der Waals surface area contributed by atoms with E-state index in [4.69, 9.17) is 4.74 Å². The van der Waals surface area contributed by atoms with E-state index in [-0.39, 0.29) is 18.3 Å². The number of anilines is 1. The molecule has 8 heteroatoms. The van der Waals surface area contributed by atoms with Gasteiger partial charge < -0.3 is 19.7 Å². The molecule has 1 saturated heterocycles. The van der Waals surface area contributed by atoms with Gasteiger partial charge in [-0.25, -0.2) is 4.79 Å². The Morgan fingerprint density at radius 1 is 1.19 bits per heavy atom. The zero-order valence-corrected chi connectivity index (χ0v) is 14.7. The van der Waals surface area contributed by atoms with Crippen molar-refractivity contribution in [1.82, 2.24) is 5.32 Å². The van der Waals surface area contributed by atoms with E-state index in [0.29, 0.717) is 31.5 Å². The van der Waals surface area contributed by atoms with Crippen LogP contribution in [-0.4, -0.2) is 50.6 Å². The summed E-state index contributed by atoms with van der Waals surface area (Å²) in [5.41, 5.74) is 1.05. The smallest absolute Gasteiger partial charge is 0.338 e. The first-order valence-corrected chi connectivity index (χ1v) is 8.42. The number of ether oxygens (including phenoxy) is 2. The van der Waals surface area contributed by atoms with Crippen molar-refractivity contribution in [3.05, 3.63) is 29.8 Å². The molecule has 1 N–H and O–H groups in total. The van der Waals surface area contributed by atoms with Crippen LogP contribution in [0, 0.1) is 0 Å². The predicted molar refractivity (Wildman–Crippen MR) is 92.6 cm³/mol. The van der Waals surface area contributed by atoms with Crippen LogP contribution in [-0.2, 0) is 23.9 Å². The van der Waals surface area contributed by atoms with Crippen molar-refractivity contribution in [2.45, 2.75) is 25.7 Å². The summed E-state index contributed by atoms with van der Waals surface area (Å²) >= 11 is 0. The van der Waals surface area contributed by atoms with Crippen LogP contribution in [0.3, 0.4) is 0 Å². The molecule has 1 aromatic rings. The summed E-state index contributed by atoms with van der Waals surface area (Å²) in [5, 5.41) is 2.55. The molecule has 0 aliphatic carbocycles. The second-order valence-corrected chi connectivity index (χ2v) is 5.80. The lowest BCUT2D eigenvalue weighted by molar-refractivity contribution is -0.140. The summed E-state index contributed by atoms with van der Waals surface area (Å²) in [7, 11) is 1.30. The zero-order valence-electron chi connectivity index (χ0n) is 14.7. The summed E-state index contributed by atoms with van der Waals surface area (Å²) in [4.78, 5) is 47.9. The molecular weight excluding hydrogens is 340 g/mol. The molecule has 1 aromatic carbocycles. The van der Waals surface area contributed by atoms with Crippen LogP contribution in [0.4, 0.5) is 5.69 Å². The zero-order chi connectivity index (χ0) is 18.9. The van der Waals surface area contributed by atoms with E-state index in [1.807, 2.05) is 0 Å². The minimum absolute atomic E-state index is 0.0733. The van der Waals surface area contributed by atoms with Gasteiger partial charge in [0.15, 0.2) is 6.61 Å². The van der Waals surface area contributed by atoms with Crippen molar-refractivity contribution in [3.8, 4) is 0 Å². The van der Waals surface area contributed by atoms with Gasteiger partial charge in [0.1, 0.15) is 0 Å². The average Bonchev–Trinajstić information content (AvgIpc) is 3.09. The number of rotatable bonds is 8. The Balaban J connectivity index is 1.73. The number of benzene rings is 1. The maximum absolute atomic E-state index is 12.0. The molecule has 2 amide bonds. The van der Waals surface area contributed by atoms with Crippen LogP contribution in [0.25, 0.3) is 0 Å². The van der Waals surface area contributed by atoms with Crippen LogP contribution in [0.15, 0.2) is 24.3 Å². The van der Waals surface area contributed by atoms with E-state index < -0.39 is 18.5 Å². The van der Waals surface area contributed by atoms with Crippen molar-refractivity contribution >= 4 is 29.4 Å². The van der Waals surface area contributed by atoms with Crippen molar-refractivity contribution < 1.29 is 28.7 Å². The number of amides is 2. The first kappa shape index (κ1) is 19.4. The number of hydrogen-bond donors (Lipinski definition) is 1. The number of nitrogens with zero attached hydrogens (tertiary/aromatic N) is 1. The molecular formula is C18H22N2O6. The number of carbonyl (C=O) groups excluding carboxylic acids is 4. The molecule has 26 heavy (non-hydrogen) atoms. The minimum atomic E-state index is -0.617. The van der Waals surface area contributed by atoms with Crippen molar-refractivity contribution in [1.29, 1.82) is 0 Å². The minimum Gasteiger partial charge on any atom is -0.469 e. The molecule has 0 spiro atoms. The third kappa shape index (κ3) is 5.58. The molecule has 1 aliphatic rings. The molecule has 1 aliphatic heterocycles. The predicted octanol–water partition coefficient (Wildman–Crippen LogP) is 1.04. The van der Waals surface area contributed by atoms with Gasteiger partial charge in [-0.2, -0.15) is 0 Å². The highest BCUT2D eigenvalue weighted by Gasteiger charge is 2.21. The monoisotopic (exact) mass is 362 g/mol. The van der Waals surface area contributed by atoms with E-state index in [9.17, 15) is 19.2 Å². The standard InChI is InChI=1S/C18H22N2O6/c1-25-17(23)5-2-10-19-15(21)12-26-18(24)13-6-8-14(9-7-13)20-11-3-4-16(20)22/h6-9H,2-5,10-12H2,1H3,(H,19,21). The first-order valence-electron chi connectivity index (χ1n) is 8.42. The molecule has 0 aromatic heterocycles. The number of methoxy groups -OCH3 is 1. The van der Waals surface area contributed by atoms with E-state index >= 15 is 0 Å². The second-order valence-electron chi connectivity index (χ2n) is 5.80. The van der Waals surface area contributed by atoms with Crippen LogP contribution in [0.1, 0.15) is 36.0 Å². The maximum Gasteiger partial charge on any atom is 0.338 e. The van der Waals surface area contributed by atoms with Gasteiger partial charge in [-0.3, -0.25) is 14.4 Å². The van der Waals surface area contributed by atoms with Crippen molar-refractivity contribution in [2.75, 3.05) is 31.7 Å². The van der Waals surface area contributed by atoms with Crippen LogP contribution in [0.5, 0.6) is 0 Å². The fourth-order valence-corrected chi connectivity index (χ4v) is 2.53. The van der Waals surface area contributed by atoms with E-state index in [0.717, 1.165) is 12.1 Å². The third-order valence-electron chi connectivity index (χ3n) is 3.93. The molecule has 0 saturated carbocycles. The summed E-state index contributed by atoms with van der Waals surface area (Å²) in [6.07, 6.45) is 2.03. The van der Waals surface area contributed by atoms with Gasteiger partial charge in [0.05, 0.1) is 12.7 Å². The summed E-state index contributed by atoms with van der Waals surface area (Å²) in [6, 6.07) is 6.51. The number of carbonyl (C=O) groups is 4. The Morgan fingerprint density at radius 3 is 2.54 bits per heavy atom. The number of esters is 2. The van der Waals surface area contributed by atoms with E-state index in [2.05, 4.69) is 10.1 Å². The van der Waals surface area contributed by atoms with E-state index in [1.165, 1.54) is 7.11 Å². The van der Waals surface area contributed by atoms with Crippen LogP contribution in [0.2, 0.25) is 0 Å². The van der Waals surface area contributed by atoms with E-state index in [1.54, 1.807) is 29.2 Å². The quantitative estimate of drug-likeness (QED) is 0.548. The fourth-order valence-electron chi connectivity index (χ4n) is 2.53. The van der Waals surface area contributed by atoms with Gasteiger partial charge >= 0.3 is 11.9 Å². The lowest BCUT2D eigenvalue weighted by Crippen LogP contribution is -2.30. The normalized spacial score (nSPS) is 13.4. The molecule has 0 bridgehead atoms. The van der Waals surface area contributed by atoms with Gasteiger partial charge in [-0.05, 0) is 37.1 Å². The molecule has 1 fully saturated rings. The summed E-state index contributed by atoms with van der Waals surface area (Å²) in [6.45, 7) is 0.576. The second kappa shape index (κ2) is 9.55. The number of nitrogens with one attached hydrogen (secondary N) is 1. The highest BCUT2D eigenvalue weighted by molar-refractivity contribution is 5.96. The Hall–Kier alpha value is -2.90. The molecule has 8 nitrogen and oxygen atoms in total. The van der Waals surface area contributed by atoms with Gasteiger partial charge in [-0.1, -0.05) is 0 Å². The molecule has 2 rings (SSSR count). The van der Waals surface area contributed by atoms with Gasteiger partial charge in [0.2, 0.25) is 5.91 Å². The third-order valence-corrected chi connectivity index (χ3v) is 3.93. The highest BCUT2D eigenvalue weighted by atomic mass is 16.5. The fraction of sp³-hybridized carbons (Fsp3) is 0.444. The Bertz CT molecular complexity index is 671. The molecule has 0 atom stereocenters. The van der Waals surface area contributed by atoms with Gasteiger partial charge in [-0.15, -0.1) is 0 Å². The summed E-state index contributed by atoms with van der Waals surface area (Å²) < 4.78 is 9.44. The van der Waals surface area contributed by atoms with Crippen LogP contribution < -0.4 is 10.2 Å². The van der Waals surface area contributed by atoms with Crippen molar-refractivity contribution in [3.63, 3.8) is 0 Å². The first-order chi connectivity index (χ1) is 12.5. The summed E-state index contributed by atoms with van der Waals surface area (Å²) in [5.74, 6) is -1.33. The van der Waals surface area contributed by atoms with Crippen LogP contribution >= 0.6 is 0 Å². The van der Waals surface area contributed by atoms with Gasteiger partial charge in [0, 0.05) is 31.6 Å². The van der Waals surface area contributed by atoms with Gasteiger partial charge in [0.25, 0.3) is 5.91 Å². The molecule has 0 radical (unpaired) electrons. The molecule has 0 unspecified atom stereocenters. The SMILES string of the molecule is COC(=O)CCCNC(=O)COC(=O)c1ccc(N2CCCC2=O)cc1. The lowest BCUT2D eigenvalue weighted by atomic mass is 10.2. The topological polar surface area (TPSA) is 102 Å². The Labute approximate surface area is 151 Å². The maximum atomic E-state index is 12.0. The molecule has 140 valence electrons. The Morgan fingerprint density at radius 2 is 1.92 bits per heavy atom.